The largest absolute Gasteiger partial charge is 0.456 e. The Morgan fingerprint density at radius 2 is 1.00 bits per heavy atom. The van der Waals surface area contributed by atoms with Crippen LogP contribution in [0, 0.1) is 0 Å². The minimum atomic E-state index is 0.552. The predicted molar refractivity (Wildman–Crippen MR) is 194 cm³/mol. The van der Waals surface area contributed by atoms with Crippen LogP contribution in [0.25, 0.3) is 77.6 Å². The fourth-order valence-corrected chi connectivity index (χ4v) is 6.91. The molecule has 0 amide bonds. The van der Waals surface area contributed by atoms with Crippen LogP contribution in [0.3, 0.4) is 0 Å². The molecule has 0 unspecified atom stereocenters. The SMILES string of the molecule is c1ccc(-c2ccc(N(c3cc4oc5ccccc5c4c4oc(-c5ccccc5)nc34)c3cccc4oc5ccccc5c34)cc2)cc1. The van der Waals surface area contributed by atoms with Gasteiger partial charge in [-0.05, 0) is 59.7 Å². The molecule has 0 radical (unpaired) electrons. The third kappa shape index (κ3) is 4.08. The summed E-state index contributed by atoms with van der Waals surface area (Å²) in [6, 6.07) is 53.7. The van der Waals surface area contributed by atoms with Crippen molar-refractivity contribution >= 4 is 72.0 Å². The highest BCUT2D eigenvalue weighted by Crippen LogP contribution is 2.48. The Balaban J connectivity index is 1.31. The molecule has 5 nitrogen and oxygen atoms in total. The topological polar surface area (TPSA) is 55.6 Å². The number of benzene rings is 7. The number of nitrogens with zero attached hydrogens (tertiary/aromatic N) is 2. The van der Waals surface area contributed by atoms with Gasteiger partial charge in [-0.2, -0.15) is 0 Å². The van der Waals surface area contributed by atoms with Crippen molar-refractivity contribution in [2.45, 2.75) is 0 Å². The molecule has 7 aromatic carbocycles. The number of furan rings is 2. The molecule has 5 heteroatoms. The van der Waals surface area contributed by atoms with E-state index in [2.05, 4.69) is 83.8 Å². The molecule has 0 N–H and O–H groups in total. The molecule has 0 fully saturated rings. The molecule has 0 saturated carbocycles. The van der Waals surface area contributed by atoms with E-state index in [0.717, 1.165) is 83.1 Å². The van der Waals surface area contributed by atoms with Gasteiger partial charge in [-0.1, -0.05) is 103 Å². The number of fused-ring (bicyclic) bond motifs is 8. The van der Waals surface area contributed by atoms with Gasteiger partial charge in [-0.25, -0.2) is 4.98 Å². The molecular weight excluding hydrogens is 592 g/mol. The van der Waals surface area contributed by atoms with E-state index in [1.54, 1.807) is 0 Å². The summed E-state index contributed by atoms with van der Waals surface area (Å²) in [6.07, 6.45) is 0. The van der Waals surface area contributed by atoms with Crippen molar-refractivity contribution in [2.24, 2.45) is 0 Å². The molecule has 0 atom stereocenters. The first-order valence-corrected chi connectivity index (χ1v) is 16.0. The van der Waals surface area contributed by atoms with Gasteiger partial charge in [0.15, 0.2) is 5.58 Å². The molecule has 0 aliphatic carbocycles. The second-order valence-corrected chi connectivity index (χ2v) is 11.9. The van der Waals surface area contributed by atoms with Crippen molar-refractivity contribution < 1.29 is 13.3 Å². The van der Waals surface area contributed by atoms with Crippen LogP contribution in [-0.2, 0) is 0 Å². The summed E-state index contributed by atoms with van der Waals surface area (Å²) in [5.74, 6) is 0.552. The van der Waals surface area contributed by atoms with Crippen LogP contribution >= 0.6 is 0 Å². The van der Waals surface area contributed by atoms with E-state index < -0.39 is 0 Å². The minimum absolute atomic E-state index is 0.552. The predicted octanol–water partition coefficient (Wildman–Crippen LogP) is 12.4. The highest BCUT2D eigenvalue weighted by Gasteiger charge is 2.26. The summed E-state index contributed by atoms with van der Waals surface area (Å²) in [4.78, 5) is 7.47. The van der Waals surface area contributed by atoms with Crippen LogP contribution in [0.1, 0.15) is 0 Å². The molecule has 3 aromatic heterocycles. The maximum absolute atomic E-state index is 6.70. The second kappa shape index (κ2) is 10.5. The number of rotatable bonds is 5. The van der Waals surface area contributed by atoms with Gasteiger partial charge in [0, 0.05) is 28.1 Å². The van der Waals surface area contributed by atoms with Gasteiger partial charge in [0.1, 0.15) is 27.8 Å². The Kier molecular flexibility index (Phi) is 5.81. The Bertz CT molecular complexity index is 2770. The molecule has 0 spiro atoms. The number of aromatic nitrogens is 1. The van der Waals surface area contributed by atoms with E-state index in [1.165, 1.54) is 0 Å². The summed E-state index contributed by atoms with van der Waals surface area (Å²) in [6.45, 7) is 0. The average Bonchev–Trinajstić information content (AvgIpc) is 3.86. The van der Waals surface area contributed by atoms with Crippen LogP contribution in [0.2, 0.25) is 0 Å². The molecule has 0 bridgehead atoms. The number of anilines is 3. The molecule has 0 aliphatic rings. The van der Waals surface area contributed by atoms with Crippen molar-refractivity contribution in [1.82, 2.24) is 4.98 Å². The van der Waals surface area contributed by atoms with Crippen molar-refractivity contribution in [2.75, 3.05) is 4.90 Å². The Labute approximate surface area is 274 Å². The van der Waals surface area contributed by atoms with E-state index in [-0.39, 0.29) is 0 Å². The minimum Gasteiger partial charge on any atom is -0.456 e. The smallest absolute Gasteiger partial charge is 0.227 e. The normalized spacial score (nSPS) is 11.8. The third-order valence-electron chi connectivity index (χ3n) is 9.10. The van der Waals surface area contributed by atoms with Gasteiger partial charge in [-0.15, -0.1) is 0 Å². The Morgan fingerprint density at radius 3 is 1.73 bits per heavy atom. The van der Waals surface area contributed by atoms with Crippen LogP contribution in [-0.4, -0.2) is 4.98 Å². The summed E-state index contributed by atoms with van der Waals surface area (Å²) in [5.41, 5.74) is 10.6. The van der Waals surface area contributed by atoms with Gasteiger partial charge in [0.05, 0.1) is 22.1 Å². The lowest BCUT2D eigenvalue weighted by Crippen LogP contribution is -2.11. The van der Waals surface area contributed by atoms with E-state index in [4.69, 9.17) is 18.2 Å². The number of para-hydroxylation sites is 2. The fraction of sp³-hybridized carbons (Fsp3) is 0. The van der Waals surface area contributed by atoms with Crippen molar-refractivity contribution in [3.05, 3.63) is 158 Å². The van der Waals surface area contributed by atoms with Crippen molar-refractivity contribution in [3.8, 4) is 22.6 Å². The molecule has 0 saturated heterocycles. The van der Waals surface area contributed by atoms with Crippen molar-refractivity contribution in [3.63, 3.8) is 0 Å². The van der Waals surface area contributed by atoms with Gasteiger partial charge < -0.3 is 18.2 Å². The summed E-state index contributed by atoms with van der Waals surface area (Å²) >= 11 is 0. The zero-order chi connectivity index (χ0) is 31.6. The first kappa shape index (κ1) is 26.6. The summed E-state index contributed by atoms with van der Waals surface area (Å²) < 4.78 is 19.6. The maximum Gasteiger partial charge on any atom is 0.227 e. The highest BCUT2D eigenvalue weighted by molar-refractivity contribution is 6.21. The van der Waals surface area contributed by atoms with E-state index in [0.29, 0.717) is 11.5 Å². The fourth-order valence-electron chi connectivity index (χ4n) is 6.91. The van der Waals surface area contributed by atoms with Crippen LogP contribution in [0.4, 0.5) is 17.1 Å². The quantitative estimate of drug-likeness (QED) is 0.192. The molecule has 0 aliphatic heterocycles. The number of hydrogen-bond donors (Lipinski definition) is 0. The summed E-state index contributed by atoms with van der Waals surface area (Å²) in [5, 5.41) is 3.96. The lowest BCUT2D eigenvalue weighted by atomic mass is 10.0. The molecular formula is C43H26N2O3. The van der Waals surface area contributed by atoms with Crippen LogP contribution in [0.5, 0.6) is 0 Å². The van der Waals surface area contributed by atoms with Gasteiger partial charge >= 0.3 is 0 Å². The van der Waals surface area contributed by atoms with E-state index >= 15 is 0 Å². The Hall–Kier alpha value is -6.59. The first-order chi connectivity index (χ1) is 23.8. The molecule has 3 heterocycles. The molecule has 226 valence electrons. The van der Waals surface area contributed by atoms with Crippen LogP contribution < -0.4 is 4.90 Å². The van der Waals surface area contributed by atoms with E-state index in [1.807, 2.05) is 78.9 Å². The van der Waals surface area contributed by atoms with Gasteiger partial charge in [-0.3, -0.25) is 0 Å². The van der Waals surface area contributed by atoms with Gasteiger partial charge in [0.25, 0.3) is 0 Å². The van der Waals surface area contributed by atoms with Crippen LogP contribution in [0.15, 0.2) is 171 Å². The molecule has 48 heavy (non-hydrogen) atoms. The Morgan fingerprint density at radius 1 is 0.417 bits per heavy atom. The van der Waals surface area contributed by atoms with E-state index in [9.17, 15) is 0 Å². The maximum atomic E-state index is 6.70. The monoisotopic (exact) mass is 618 g/mol. The first-order valence-electron chi connectivity index (χ1n) is 16.0. The highest BCUT2D eigenvalue weighted by atomic mass is 16.4. The number of oxazole rings is 1. The van der Waals surface area contributed by atoms with Crippen molar-refractivity contribution in [1.29, 1.82) is 0 Å². The second-order valence-electron chi connectivity index (χ2n) is 11.9. The van der Waals surface area contributed by atoms with Gasteiger partial charge in [0.2, 0.25) is 5.89 Å². The zero-order valence-electron chi connectivity index (χ0n) is 25.6. The average molecular weight is 619 g/mol. The molecule has 10 rings (SSSR count). The number of hydrogen-bond acceptors (Lipinski definition) is 5. The summed E-state index contributed by atoms with van der Waals surface area (Å²) in [7, 11) is 0. The molecule has 10 aromatic rings. The lowest BCUT2D eigenvalue weighted by molar-refractivity contribution is 0.622. The third-order valence-corrected chi connectivity index (χ3v) is 9.10. The zero-order valence-corrected chi connectivity index (χ0v) is 25.6. The standard InChI is InChI=1S/C43H26N2O3/c1-3-12-27(13-4-1)28-22-24-30(25-23-28)45(33-18-11-21-37-39(33)31-16-7-9-19-35(31)46-37)34-26-38-40(32-17-8-10-20-36(32)47-38)42-41(34)44-43(48-42)29-14-5-2-6-15-29/h1-26H. The lowest BCUT2D eigenvalue weighted by Gasteiger charge is -2.26.